The summed E-state index contributed by atoms with van der Waals surface area (Å²) in [6.45, 7) is 4.19. The Bertz CT molecular complexity index is 1200. The number of anilines is 2. The van der Waals surface area contributed by atoms with Crippen LogP contribution in [0.2, 0.25) is 0 Å². The second kappa shape index (κ2) is 12.6. The molecule has 9 nitrogen and oxygen atoms in total. The highest BCUT2D eigenvalue weighted by molar-refractivity contribution is 5.95. The lowest BCUT2D eigenvalue weighted by Gasteiger charge is -2.33. The number of aliphatic carboxylic acids is 1. The molecule has 2 amide bonds. The van der Waals surface area contributed by atoms with Crippen molar-refractivity contribution in [1.29, 1.82) is 0 Å². The van der Waals surface area contributed by atoms with Gasteiger partial charge in [0.2, 0.25) is 11.8 Å². The molecule has 1 aromatic heterocycles. The summed E-state index contributed by atoms with van der Waals surface area (Å²) >= 11 is 0. The number of carboxylic acids is 1. The Balaban J connectivity index is 1.16. The van der Waals surface area contributed by atoms with Gasteiger partial charge in [-0.3, -0.25) is 14.4 Å². The minimum Gasteiger partial charge on any atom is -0.481 e. The van der Waals surface area contributed by atoms with Crippen molar-refractivity contribution in [3.63, 3.8) is 0 Å². The van der Waals surface area contributed by atoms with Gasteiger partial charge in [0.15, 0.2) is 0 Å². The largest absolute Gasteiger partial charge is 0.481 e. The molecule has 9 heteroatoms. The molecular formula is C30H39N5O4. The van der Waals surface area contributed by atoms with Gasteiger partial charge < -0.3 is 25.5 Å². The Kier molecular flexibility index (Phi) is 8.76. The number of nitrogens with zero attached hydrogens (tertiary/aromatic N) is 3. The van der Waals surface area contributed by atoms with Crippen molar-refractivity contribution in [3.8, 4) is 0 Å². The Morgan fingerprint density at radius 1 is 1.13 bits per heavy atom. The van der Waals surface area contributed by atoms with Gasteiger partial charge in [-0.05, 0) is 87.4 Å². The molecule has 2 aromatic rings. The second-order valence-electron chi connectivity index (χ2n) is 11.0. The van der Waals surface area contributed by atoms with Crippen LogP contribution >= 0.6 is 0 Å². The molecule has 0 saturated carbocycles. The second-order valence-corrected chi connectivity index (χ2v) is 11.0. The molecular weight excluding hydrogens is 494 g/mol. The molecule has 2 unspecified atom stereocenters. The number of aromatic nitrogens is 1. The molecule has 3 aliphatic rings. The number of benzene rings is 1. The highest BCUT2D eigenvalue weighted by Gasteiger charge is 2.29. The number of carbonyl (C=O) groups is 3. The molecule has 208 valence electrons. The van der Waals surface area contributed by atoms with E-state index in [2.05, 4.69) is 27.7 Å². The highest BCUT2D eigenvalue weighted by atomic mass is 16.4. The molecule has 2 saturated heterocycles. The summed E-state index contributed by atoms with van der Waals surface area (Å²) in [5, 5.41) is 16.0. The van der Waals surface area contributed by atoms with Crippen LogP contribution in [0.15, 0.2) is 36.4 Å². The van der Waals surface area contributed by atoms with E-state index in [1.807, 2.05) is 24.3 Å². The number of amides is 2. The van der Waals surface area contributed by atoms with E-state index < -0.39 is 12.0 Å². The molecule has 4 heterocycles. The number of likely N-dealkylation sites (tertiary alicyclic amines) is 1. The van der Waals surface area contributed by atoms with E-state index >= 15 is 0 Å². The fraction of sp³-hybridized carbons (Fsp3) is 0.533. The first-order valence-corrected chi connectivity index (χ1v) is 14.3. The number of rotatable bonds is 10. The third-order valence-corrected chi connectivity index (χ3v) is 8.09. The van der Waals surface area contributed by atoms with E-state index in [0.29, 0.717) is 25.1 Å². The minimum absolute atomic E-state index is 0.0762. The number of aryl methyl sites for hydroxylation is 2. The molecule has 2 atom stereocenters. The van der Waals surface area contributed by atoms with Gasteiger partial charge in [-0.1, -0.05) is 18.2 Å². The van der Waals surface area contributed by atoms with Crippen molar-refractivity contribution >= 4 is 29.3 Å². The SMILES string of the molecule is O=C(O)CC(NC(=O)C1CCCN(CCCc2ccc3c(n2)NCCC3)C1)c1cccc(N2CCCC2=O)c1. The molecule has 1 aromatic carbocycles. The quantitative estimate of drug-likeness (QED) is 0.428. The molecule has 2 fully saturated rings. The summed E-state index contributed by atoms with van der Waals surface area (Å²) in [5.41, 5.74) is 3.87. The zero-order valence-electron chi connectivity index (χ0n) is 22.5. The van der Waals surface area contributed by atoms with Crippen LogP contribution in [0.1, 0.15) is 67.8 Å². The minimum atomic E-state index is -0.973. The lowest BCUT2D eigenvalue weighted by Crippen LogP contribution is -2.44. The first-order chi connectivity index (χ1) is 19.0. The van der Waals surface area contributed by atoms with E-state index in [1.54, 1.807) is 4.90 Å². The summed E-state index contributed by atoms with van der Waals surface area (Å²) in [5.74, 6) is -0.144. The maximum absolute atomic E-state index is 13.3. The van der Waals surface area contributed by atoms with Gasteiger partial charge in [-0.25, -0.2) is 4.98 Å². The first-order valence-electron chi connectivity index (χ1n) is 14.3. The van der Waals surface area contributed by atoms with Crippen LogP contribution in [0.5, 0.6) is 0 Å². The first kappa shape index (κ1) is 27.1. The predicted octanol–water partition coefficient (Wildman–Crippen LogP) is 3.54. The Labute approximate surface area is 230 Å². The number of pyridine rings is 1. The maximum Gasteiger partial charge on any atom is 0.305 e. The van der Waals surface area contributed by atoms with Gasteiger partial charge in [0, 0.05) is 37.4 Å². The van der Waals surface area contributed by atoms with E-state index in [-0.39, 0.29) is 24.2 Å². The molecule has 0 bridgehead atoms. The molecule has 0 radical (unpaired) electrons. The van der Waals surface area contributed by atoms with Crippen molar-refractivity contribution in [2.45, 2.75) is 63.8 Å². The third kappa shape index (κ3) is 6.95. The molecule has 3 aliphatic heterocycles. The fourth-order valence-corrected chi connectivity index (χ4v) is 6.01. The standard InChI is InChI=1S/C30H39N5O4/c36-27-11-5-17-35(27)25-10-1-6-22(18-25)26(19-28(37)38)33-30(39)23-8-3-15-34(20-23)16-4-9-24-13-12-21-7-2-14-31-29(21)32-24/h1,6,10,12-13,18,23,26H,2-5,7-9,11,14-17,19-20H2,(H,31,32)(H,33,39)(H,37,38). The zero-order valence-corrected chi connectivity index (χ0v) is 22.5. The number of carbonyl (C=O) groups excluding carboxylic acids is 2. The van der Waals surface area contributed by atoms with Crippen LogP contribution in [0.4, 0.5) is 11.5 Å². The van der Waals surface area contributed by atoms with Crippen molar-refractivity contribution < 1.29 is 19.5 Å². The van der Waals surface area contributed by atoms with E-state index in [4.69, 9.17) is 4.98 Å². The Morgan fingerprint density at radius 2 is 2.03 bits per heavy atom. The van der Waals surface area contributed by atoms with Gasteiger partial charge in [0.25, 0.3) is 0 Å². The van der Waals surface area contributed by atoms with Crippen molar-refractivity contribution in [1.82, 2.24) is 15.2 Å². The monoisotopic (exact) mass is 533 g/mol. The molecule has 39 heavy (non-hydrogen) atoms. The number of hydrogen-bond acceptors (Lipinski definition) is 6. The summed E-state index contributed by atoms with van der Waals surface area (Å²) in [6, 6.07) is 11.0. The number of nitrogens with one attached hydrogen (secondary N) is 2. The van der Waals surface area contributed by atoms with Crippen LogP contribution in [-0.2, 0) is 27.2 Å². The molecule has 0 spiro atoms. The smallest absolute Gasteiger partial charge is 0.305 e. The number of piperidine rings is 1. The summed E-state index contributed by atoms with van der Waals surface area (Å²) in [6.07, 6.45) is 6.99. The van der Waals surface area contributed by atoms with Gasteiger partial charge in [-0.2, -0.15) is 0 Å². The number of hydrogen-bond donors (Lipinski definition) is 3. The van der Waals surface area contributed by atoms with Crippen LogP contribution in [0.3, 0.4) is 0 Å². The molecule has 0 aliphatic carbocycles. The van der Waals surface area contributed by atoms with Crippen LogP contribution < -0.4 is 15.5 Å². The lowest BCUT2D eigenvalue weighted by atomic mass is 9.95. The maximum atomic E-state index is 13.3. The predicted molar refractivity (Wildman–Crippen MR) is 150 cm³/mol. The highest BCUT2D eigenvalue weighted by Crippen LogP contribution is 2.27. The van der Waals surface area contributed by atoms with Gasteiger partial charge in [-0.15, -0.1) is 0 Å². The summed E-state index contributed by atoms with van der Waals surface area (Å²) < 4.78 is 0. The van der Waals surface area contributed by atoms with E-state index in [9.17, 15) is 19.5 Å². The summed E-state index contributed by atoms with van der Waals surface area (Å²) in [4.78, 5) is 46.1. The normalized spacial score (nSPS) is 20.3. The van der Waals surface area contributed by atoms with Gasteiger partial charge in [0.05, 0.1) is 18.4 Å². The van der Waals surface area contributed by atoms with Crippen LogP contribution in [0, 0.1) is 5.92 Å². The summed E-state index contributed by atoms with van der Waals surface area (Å²) in [7, 11) is 0. The van der Waals surface area contributed by atoms with Crippen LogP contribution in [-0.4, -0.2) is 65.5 Å². The third-order valence-electron chi connectivity index (χ3n) is 8.09. The van der Waals surface area contributed by atoms with E-state index in [0.717, 1.165) is 81.8 Å². The Morgan fingerprint density at radius 3 is 2.85 bits per heavy atom. The number of fused-ring (bicyclic) bond motifs is 1. The molecule has 5 rings (SSSR count). The van der Waals surface area contributed by atoms with Gasteiger partial charge in [0.1, 0.15) is 5.82 Å². The number of carboxylic acid groups (broad SMARTS) is 1. The van der Waals surface area contributed by atoms with Crippen molar-refractivity contribution in [3.05, 3.63) is 53.2 Å². The topological polar surface area (TPSA) is 115 Å². The van der Waals surface area contributed by atoms with Crippen molar-refractivity contribution in [2.24, 2.45) is 5.92 Å². The van der Waals surface area contributed by atoms with Crippen molar-refractivity contribution in [2.75, 3.05) is 42.9 Å². The average molecular weight is 534 g/mol. The average Bonchev–Trinajstić information content (AvgIpc) is 3.38. The van der Waals surface area contributed by atoms with Crippen LogP contribution in [0.25, 0.3) is 0 Å². The van der Waals surface area contributed by atoms with Gasteiger partial charge >= 0.3 is 5.97 Å². The fourth-order valence-electron chi connectivity index (χ4n) is 6.01. The lowest BCUT2D eigenvalue weighted by molar-refractivity contribution is -0.138. The van der Waals surface area contributed by atoms with E-state index in [1.165, 1.54) is 5.56 Å². The Hall–Kier alpha value is -3.46. The molecule has 3 N–H and O–H groups in total. The zero-order chi connectivity index (χ0) is 27.2.